The van der Waals surface area contributed by atoms with Crippen LogP contribution in [0.5, 0.6) is 0 Å². The SMILES string of the molecule is CC1=CC[C]=C1c1[pH]ccc1C. The average Bonchev–Trinajstić information content (AvgIpc) is 2.59. The first-order chi connectivity index (χ1) is 5.79. The van der Waals surface area contributed by atoms with Crippen LogP contribution in [-0.2, 0) is 0 Å². The molecule has 2 rings (SSSR count). The molecule has 0 aromatic carbocycles. The predicted molar refractivity (Wildman–Crippen MR) is 55.7 cm³/mol. The lowest BCUT2D eigenvalue weighted by atomic mass is 10.1. The minimum absolute atomic E-state index is 0.859. The summed E-state index contributed by atoms with van der Waals surface area (Å²) in [6, 6.07) is 2.22. The number of hydrogen-bond donors (Lipinski definition) is 0. The standard InChI is InChI=1S/C11H12P/c1-8-4-3-5-10(8)11-9(2)6-7-12-11/h4,6-7,12H,3H2,1-2H3. The minimum atomic E-state index is 0.859. The first-order valence-corrected chi connectivity index (χ1v) is 5.29. The molecule has 1 unspecified atom stereocenters. The van der Waals surface area contributed by atoms with Crippen molar-refractivity contribution < 1.29 is 0 Å². The van der Waals surface area contributed by atoms with Crippen molar-refractivity contribution in [3.05, 3.63) is 40.4 Å². The van der Waals surface area contributed by atoms with Crippen LogP contribution in [0.25, 0.3) is 5.57 Å². The van der Waals surface area contributed by atoms with Gasteiger partial charge in [0.15, 0.2) is 0 Å². The molecule has 1 aliphatic rings. The fourth-order valence-electron chi connectivity index (χ4n) is 1.55. The maximum atomic E-state index is 3.41. The zero-order chi connectivity index (χ0) is 8.55. The zero-order valence-electron chi connectivity index (χ0n) is 7.44. The van der Waals surface area contributed by atoms with Crippen molar-refractivity contribution in [3.63, 3.8) is 0 Å². The third-order valence-electron chi connectivity index (χ3n) is 2.29. The van der Waals surface area contributed by atoms with E-state index in [0.29, 0.717) is 0 Å². The highest BCUT2D eigenvalue weighted by atomic mass is 31.0. The summed E-state index contributed by atoms with van der Waals surface area (Å²) >= 11 is 0. The van der Waals surface area contributed by atoms with Gasteiger partial charge in [-0.15, -0.1) is 8.19 Å². The maximum absolute atomic E-state index is 3.41. The second-order valence-corrected chi connectivity index (χ2v) is 4.30. The minimum Gasteiger partial charge on any atom is -0.131 e. The van der Waals surface area contributed by atoms with Gasteiger partial charge in [-0.2, -0.15) is 0 Å². The quantitative estimate of drug-likeness (QED) is 0.612. The van der Waals surface area contributed by atoms with Crippen molar-refractivity contribution in [3.8, 4) is 0 Å². The Balaban J connectivity index is 2.44. The van der Waals surface area contributed by atoms with Crippen molar-refractivity contribution in [2.75, 3.05) is 0 Å². The van der Waals surface area contributed by atoms with Crippen LogP contribution < -0.4 is 0 Å². The Hall–Kier alpha value is -0.740. The molecule has 0 bridgehead atoms. The van der Waals surface area contributed by atoms with E-state index < -0.39 is 0 Å². The number of hydrogen-bond acceptors (Lipinski definition) is 0. The van der Waals surface area contributed by atoms with E-state index in [4.69, 9.17) is 0 Å². The summed E-state index contributed by atoms with van der Waals surface area (Å²) in [7, 11) is 0.859. The molecule has 1 aromatic rings. The molecule has 1 heteroatoms. The predicted octanol–water partition coefficient (Wildman–Crippen LogP) is 3.56. The van der Waals surface area contributed by atoms with Crippen molar-refractivity contribution in [1.29, 1.82) is 0 Å². The Bertz CT molecular complexity index is 353. The Morgan fingerprint density at radius 3 is 2.75 bits per heavy atom. The number of rotatable bonds is 1. The Labute approximate surface area is 75.1 Å². The molecular weight excluding hydrogens is 163 g/mol. The molecule has 0 amide bonds. The third-order valence-corrected chi connectivity index (χ3v) is 3.55. The van der Waals surface area contributed by atoms with Crippen LogP contribution in [0.2, 0.25) is 0 Å². The van der Waals surface area contributed by atoms with E-state index in [0.717, 1.165) is 14.6 Å². The summed E-state index contributed by atoms with van der Waals surface area (Å²) in [5.41, 5.74) is 4.20. The van der Waals surface area contributed by atoms with Gasteiger partial charge in [-0.25, -0.2) is 0 Å². The van der Waals surface area contributed by atoms with Gasteiger partial charge >= 0.3 is 0 Å². The maximum Gasteiger partial charge on any atom is 0.00164 e. The lowest BCUT2D eigenvalue weighted by molar-refractivity contribution is 1.38. The van der Waals surface area contributed by atoms with Crippen LogP contribution in [0, 0.1) is 13.0 Å². The third kappa shape index (κ3) is 1.17. The molecule has 0 spiro atoms. The van der Waals surface area contributed by atoms with Crippen LogP contribution in [0.15, 0.2) is 23.5 Å². The van der Waals surface area contributed by atoms with Gasteiger partial charge in [-0.1, -0.05) is 12.1 Å². The van der Waals surface area contributed by atoms with Gasteiger partial charge in [0.2, 0.25) is 0 Å². The average molecular weight is 175 g/mol. The summed E-state index contributed by atoms with van der Waals surface area (Å²) in [6.07, 6.45) is 6.66. The van der Waals surface area contributed by atoms with Crippen molar-refractivity contribution >= 4 is 13.8 Å². The van der Waals surface area contributed by atoms with E-state index in [2.05, 4.69) is 37.9 Å². The lowest BCUT2D eigenvalue weighted by Gasteiger charge is -2.02. The molecule has 1 aromatic heterocycles. The molecule has 0 N–H and O–H groups in total. The molecule has 1 aliphatic carbocycles. The van der Waals surface area contributed by atoms with E-state index in [-0.39, 0.29) is 0 Å². The molecule has 0 nitrogen and oxygen atoms in total. The van der Waals surface area contributed by atoms with Crippen LogP contribution in [0.3, 0.4) is 0 Å². The fourth-order valence-corrected chi connectivity index (χ4v) is 2.79. The molecule has 1 heterocycles. The van der Waals surface area contributed by atoms with Crippen LogP contribution >= 0.6 is 8.19 Å². The summed E-state index contributed by atoms with van der Waals surface area (Å²) in [4.78, 5) is 0. The Morgan fingerprint density at radius 1 is 1.42 bits per heavy atom. The van der Waals surface area contributed by atoms with E-state index in [9.17, 15) is 0 Å². The smallest absolute Gasteiger partial charge is 0.00164 e. The molecule has 61 valence electrons. The van der Waals surface area contributed by atoms with E-state index in [1.54, 1.807) is 0 Å². The van der Waals surface area contributed by atoms with Gasteiger partial charge in [-0.05, 0) is 48.9 Å². The summed E-state index contributed by atoms with van der Waals surface area (Å²) in [5.74, 6) is 2.25. The summed E-state index contributed by atoms with van der Waals surface area (Å²) in [5, 5.41) is 1.50. The zero-order valence-corrected chi connectivity index (χ0v) is 8.44. The number of aryl methyl sites for hydroxylation is 1. The van der Waals surface area contributed by atoms with Crippen molar-refractivity contribution in [2.45, 2.75) is 20.3 Å². The lowest BCUT2D eigenvalue weighted by Crippen LogP contribution is -1.80. The second-order valence-electron chi connectivity index (χ2n) is 3.18. The monoisotopic (exact) mass is 175 g/mol. The summed E-state index contributed by atoms with van der Waals surface area (Å²) in [6.45, 7) is 4.37. The molecule has 0 saturated heterocycles. The Kier molecular flexibility index (Phi) is 1.94. The molecule has 1 atom stereocenters. The summed E-state index contributed by atoms with van der Waals surface area (Å²) < 4.78 is 0. The second kappa shape index (κ2) is 2.95. The molecular formula is C11H12P. The number of allylic oxidation sites excluding steroid dienone is 4. The highest BCUT2D eigenvalue weighted by Gasteiger charge is 2.10. The van der Waals surface area contributed by atoms with Crippen LogP contribution in [0.4, 0.5) is 0 Å². The van der Waals surface area contributed by atoms with Gasteiger partial charge in [-0.3, -0.25) is 0 Å². The fraction of sp³-hybridized carbons (Fsp3) is 0.273. The van der Waals surface area contributed by atoms with Gasteiger partial charge in [0, 0.05) is 5.30 Å². The topological polar surface area (TPSA) is 0 Å². The van der Waals surface area contributed by atoms with Gasteiger partial charge in [0.25, 0.3) is 0 Å². The molecule has 12 heavy (non-hydrogen) atoms. The van der Waals surface area contributed by atoms with Crippen LogP contribution in [0.1, 0.15) is 24.2 Å². The van der Waals surface area contributed by atoms with E-state index in [1.807, 2.05) is 0 Å². The molecule has 1 radical (unpaired) electrons. The Morgan fingerprint density at radius 2 is 2.25 bits per heavy atom. The first-order valence-electron chi connectivity index (χ1n) is 4.21. The van der Waals surface area contributed by atoms with Gasteiger partial charge in [0.1, 0.15) is 0 Å². The van der Waals surface area contributed by atoms with Gasteiger partial charge < -0.3 is 0 Å². The van der Waals surface area contributed by atoms with Crippen molar-refractivity contribution in [2.24, 2.45) is 0 Å². The largest absolute Gasteiger partial charge is 0.131 e. The molecule has 0 fully saturated rings. The van der Waals surface area contributed by atoms with Gasteiger partial charge in [0.05, 0.1) is 0 Å². The van der Waals surface area contributed by atoms with Crippen molar-refractivity contribution in [1.82, 2.24) is 0 Å². The van der Waals surface area contributed by atoms with Crippen LogP contribution in [-0.4, -0.2) is 0 Å². The highest BCUT2D eigenvalue weighted by molar-refractivity contribution is 7.31. The van der Waals surface area contributed by atoms with E-state index in [1.165, 1.54) is 22.0 Å². The first kappa shape index (κ1) is 7.89. The highest BCUT2D eigenvalue weighted by Crippen LogP contribution is 2.35. The normalized spacial score (nSPS) is 16.8. The molecule has 0 saturated carbocycles. The molecule has 0 aliphatic heterocycles. The van der Waals surface area contributed by atoms with E-state index >= 15 is 0 Å².